The average Bonchev–Trinajstić information content (AvgIpc) is 2.78. The Labute approximate surface area is 125 Å². The van der Waals surface area contributed by atoms with Crippen LogP contribution in [0.25, 0.3) is 0 Å². The number of aromatic nitrogens is 4. The van der Waals surface area contributed by atoms with Crippen LogP contribution < -0.4 is 5.32 Å². The lowest BCUT2D eigenvalue weighted by Crippen LogP contribution is -2.23. The van der Waals surface area contributed by atoms with Crippen LogP contribution in [0, 0.1) is 0 Å². The van der Waals surface area contributed by atoms with Crippen molar-refractivity contribution < 1.29 is 0 Å². The van der Waals surface area contributed by atoms with E-state index in [-0.39, 0.29) is 6.04 Å². The summed E-state index contributed by atoms with van der Waals surface area (Å²) in [6.45, 7) is 2.93. The van der Waals surface area contributed by atoms with Gasteiger partial charge in [0.1, 0.15) is 0 Å². The normalized spacial score (nSPS) is 12.6. The van der Waals surface area contributed by atoms with Crippen LogP contribution in [-0.2, 0) is 13.5 Å². The topological polar surface area (TPSA) is 55.6 Å². The molecule has 0 aliphatic rings. The number of hydrogen-bond donors (Lipinski definition) is 1. The number of hydrogen-bond acceptors (Lipinski definition) is 4. The van der Waals surface area contributed by atoms with Gasteiger partial charge in [-0.1, -0.05) is 24.6 Å². The highest BCUT2D eigenvalue weighted by atomic mass is 79.9. The number of nitrogens with one attached hydrogen (secondary N) is 1. The van der Waals surface area contributed by atoms with Crippen LogP contribution in [-0.4, -0.2) is 26.8 Å². The number of benzene rings is 1. The summed E-state index contributed by atoms with van der Waals surface area (Å²) in [4.78, 5) is 1.47. The van der Waals surface area contributed by atoms with Crippen LogP contribution in [0.5, 0.6) is 0 Å². The van der Waals surface area contributed by atoms with Crippen molar-refractivity contribution in [1.29, 1.82) is 0 Å². The van der Waals surface area contributed by atoms with E-state index in [4.69, 9.17) is 11.6 Å². The Morgan fingerprint density at radius 2 is 2.26 bits per heavy atom. The third-order valence-corrected chi connectivity index (χ3v) is 3.97. The van der Waals surface area contributed by atoms with Crippen molar-refractivity contribution in [3.05, 3.63) is 39.1 Å². The lowest BCUT2D eigenvalue weighted by molar-refractivity contribution is 0.534. The Morgan fingerprint density at radius 1 is 1.47 bits per heavy atom. The SMILES string of the molecule is CCNC(Cc1nnn(C)n1)c1ccc(Br)c(Cl)c1. The van der Waals surface area contributed by atoms with Gasteiger partial charge in [0.05, 0.1) is 12.1 Å². The molecule has 0 bridgehead atoms. The van der Waals surface area contributed by atoms with Gasteiger partial charge in [0.15, 0.2) is 5.82 Å². The van der Waals surface area contributed by atoms with Gasteiger partial charge < -0.3 is 5.32 Å². The van der Waals surface area contributed by atoms with E-state index in [9.17, 15) is 0 Å². The smallest absolute Gasteiger partial charge is 0.176 e. The van der Waals surface area contributed by atoms with Crippen molar-refractivity contribution in [2.75, 3.05) is 6.54 Å². The van der Waals surface area contributed by atoms with Gasteiger partial charge in [-0.15, -0.1) is 10.2 Å². The van der Waals surface area contributed by atoms with Gasteiger partial charge in [0, 0.05) is 16.9 Å². The van der Waals surface area contributed by atoms with Crippen LogP contribution in [0.2, 0.25) is 5.02 Å². The largest absolute Gasteiger partial charge is 0.310 e. The van der Waals surface area contributed by atoms with Gasteiger partial charge in [-0.3, -0.25) is 0 Å². The van der Waals surface area contributed by atoms with E-state index >= 15 is 0 Å². The summed E-state index contributed by atoms with van der Waals surface area (Å²) in [5.41, 5.74) is 1.11. The lowest BCUT2D eigenvalue weighted by atomic mass is 10.0. The molecule has 1 aromatic carbocycles. The van der Waals surface area contributed by atoms with E-state index in [1.807, 2.05) is 18.2 Å². The fourth-order valence-corrected chi connectivity index (χ4v) is 2.31. The third kappa shape index (κ3) is 3.75. The first-order chi connectivity index (χ1) is 9.10. The standard InChI is InChI=1S/C12H15BrClN5/c1-3-15-11(7-12-16-18-19(2)17-12)8-4-5-9(13)10(14)6-8/h4-6,11,15H,3,7H2,1-2H3. The van der Waals surface area contributed by atoms with Gasteiger partial charge in [0.25, 0.3) is 0 Å². The molecular formula is C12H15BrClN5. The molecule has 0 aliphatic carbocycles. The Morgan fingerprint density at radius 3 is 2.84 bits per heavy atom. The molecule has 0 saturated carbocycles. The molecule has 0 aliphatic heterocycles. The summed E-state index contributed by atoms with van der Waals surface area (Å²) < 4.78 is 0.894. The zero-order valence-corrected chi connectivity index (χ0v) is 13.1. The molecule has 102 valence electrons. The summed E-state index contributed by atoms with van der Waals surface area (Å²) in [5, 5.41) is 16.2. The van der Waals surface area contributed by atoms with Crippen molar-refractivity contribution >= 4 is 27.5 Å². The first-order valence-corrected chi connectivity index (χ1v) is 7.18. The van der Waals surface area contributed by atoms with Crippen LogP contribution in [0.3, 0.4) is 0 Å². The lowest BCUT2D eigenvalue weighted by Gasteiger charge is -2.17. The number of tetrazole rings is 1. The van der Waals surface area contributed by atoms with Crippen molar-refractivity contribution in [3.63, 3.8) is 0 Å². The number of halogens is 2. The maximum absolute atomic E-state index is 6.14. The molecular weight excluding hydrogens is 330 g/mol. The number of aryl methyl sites for hydroxylation is 1. The quantitative estimate of drug-likeness (QED) is 0.905. The molecule has 0 saturated heterocycles. The van der Waals surface area contributed by atoms with Crippen LogP contribution in [0.1, 0.15) is 24.4 Å². The van der Waals surface area contributed by atoms with E-state index in [0.29, 0.717) is 17.3 Å². The summed E-state index contributed by atoms with van der Waals surface area (Å²) >= 11 is 9.54. The Hall–Kier alpha value is -0.980. The van der Waals surface area contributed by atoms with Crippen molar-refractivity contribution in [2.45, 2.75) is 19.4 Å². The molecule has 7 heteroatoms. The Balaban J connectivity index is 2.21. The fraction of sp³-hybridized carbons (Fsp3) is 0.417. The summed E-state index contributed by atoms with van der Waals surface area (Å²) in [6, 6.07) is 6.07. The highest BCUT2D eigenvalue weighted by molar-refractivity contribution is 9.10. The number of nitrogens with zero attached hydrogens (tertiary/aromatic N) is 4. The number of rotatable bonds is 5. The van der Waals surface area contributed by atoms with E-state index in [1.54, 1.807) is 7.05 Å². The second-order valence-electron chi connectivity index (χ2n) is 4.18. The highest BCUT2D eigenvalue weighted by Gasteiger charge is 2.15. The molecule has 1 atom stereocenters. The molecule has 2 rings (SSSR count). The highest BCUT2D eigenvalue weighted by Crippen LogP contribution is 2.27. The molecule has 5 nitrogen and oxygen atoms in total. The van der Waals surface area contributed by atoms with Crippen molar-refractivity contribution in [1.82, 2.24) is 25.5 Å². The minimum Gasteiger partial charge on any atom is -0.310 e. The van der Waals surface area contributed by atoms with Crippen LogP contribution in [0.15, 0.2) is 22.7 Å². The minimum atomic E-state index is 0.125. The van der Waals surface area contributed by atoms with Crippen molar-refractivity contribution in [3.8, 4) is 0 Å². The second kappa shape index (κ2) is 6.45. The first kappa shape index (κ1) is 14.4. The predicted octanol–water partition coefficient (Wildman–Crippen LogP) is 2.52. The Kier molecular flexibility index (Phi) is 4.90. The van der Waals surface area contributed by atoms with Gasteiger partial charge in [-0.2, -0.15) is 4.80 Å². The molecule has 2 aromatic rings. The molecule has 1 aromatic heterocycles. The Bertz CT molecular complexity index is 557. The molecule has 0 fully saturated rings. The monoisotopic (exact) mass is 343 g/mol. The molecule has 19 heavy (non-hydrogen) atoms. The van der Waals surface area contributed by atoms with Gasteiger partial charge in [-0.05, 0) is 45.4 Å². The predicted molar refractivity (Wildman–Crippen MR) is 78.1 cm³/mol. The van der Waals surface area contributed by atoms with E-state index in [0.717, 1.165) is 16.6 Å². The molecule has 0 spiro atoms. The summed E-state index contributed by atoms with van der Waals surface area (Å²) in [6.07, 6.45) is 0.680. The summed E-state index contributed by atoms with van der Waals surface area (Å²) in [5.74, 6) is 0.715. The third-order valence-electron chi connectivity index (χ3n) is 2.73. The van der Waals surface area contributed by atoms with Crippen LogP contribution >= 0.6 is 27.5 Å². The molecule has 0 radical (unpaired) electrons. The zero-order valence-electron chi connectivity index (χ0n) is 10.8. The van der Waals surface area contributed by atoms with E-state index in [1.165, 1.54) is 4.80 Å². The second-order valence-corrected chi connectivity index (χ2v) is 5.44. The molecule has 1 unspecified atom stereocenters. The maximum atomic E-state index is 6.14. The molecule has 1 N–H and O–H groups in total. The fourth-order valence-electron chi connectivity index (χ4n) is 1.87. The van der Waals surface area contributed by atoms with Gasteiger partial charge in [-0.25, -0.2) is 0 Å². The first-order valence-electron chi connectivity index (χ1n) is 6.01. The minimum absolute atomic E-state index is 0.125. The number of likely N-dealkylation sites (N-methyl/N-ethyl adjacent to an activating group) is 1. The summed E-state index contributed by atoms with van der Waals surface area (Å²) in [7, 11) is 1.76. The van der Waals surface area contributed by atoms with E-state index in [2.05, 4.69) is 43.6 Å². The van der Waals surface area contributed by atoms with Crippen molar-refractivity contribution in [2.24, 2.45) is 7.05 Å². The maximum Gasteiger partial charge on any atom is 0.176 e. The van der Waals surface area contributed by atoms with E-state index < -0.39 is 0 Å². The molecule has 1 heterocycles. The zero-order chi connectivity index (χ0) is 13.8. The van der Waals surface area contributed by atoms with Gasteiger partial charge in [0.2, 0.25) is 0 Å². The molecule has 0 amide bonds. The van der Waals surface area contributed by atoms with Gasteiger partial charge >= 0.3 is 0 Å². The average molecular weight is 345 g/mol. The van der Waals surface area contributed by atoms with Crippen LogP contribution in [0.4, 0.5) is 0 Å².